The molecule has 0 unspecified atom stereocenters. The van der Waals surface area contributed by atoms with E-state index in [0.29, 0.717) is 5.69 Å². The van der Waals surface area contributed by atoms with Crippen LogP contribution in [0.25, 0.3) is 0 Å². The third-order valence-electron chi connectivity index (χ3n) is 7.70. The monoisotopic (exact) mass is 582 g/mol. The van der Waals surface area contributed by atoms with E-state index in [1.807, 2.05) is 74.5 Å². The predicted octanol–water partition coefficient (Wildman–Crippen LogP) is 5.60. The van der Waals surface area contributed by atoms with E-state index < -0.39 is 45.9 Å². The summed E-state index contributed by atoms with van der Waals surface area (Å²) in [6.45, 7) is 3.44. The van der Waals surface area contributed by atoms with Gasteiger partial charge in [-0.25, -0.2) is 0 Å². The molecule has 1 aliphatic heterocycles. The molecule has 182 valence electrons. The number of carbonyl (C=O) groups is 3. The maximum absolute atomic E-state index is 13.8. The molecular formula is C28H21BrCl2N2O3. The molecular weight excluding hydrogens is 563 g/mol. The Kier molecular flexibility index (Phi) is 5.21. The SMILES string of the molecule is Cc1cc(NC(=O)CN2C(=O)[C@@H]3[C@H](C2=O)C2(Cl)c4ccccc4C3(Cl)c3ccccc32)cc(C)c1Br. The van der Waals surface area contributed by atoms with Gasteiger partial charge in [0.25, 0.3) is 0 Å². The number of amides is 3. The smallest absolute Gasteiger partial charge is 0.244 e. The second kappa shape index (κ2) is 7.91. The van der Waals surface area contributed by atoms with E-state index in [4.69, 9.17) is 23.2 Å². The second-order valence-corrected chi connectivity index (χ2v) is 11.7. The van der Waals surface area contributed by atoms with E-state index in [0.717, 1.165) is 42.8 Å². The Bertz CT molecular complexity index is 1360. The Labute approximate surface area is 226 Å². The van der Waals surface area contributed by atoms with Crippen LogP contribution < -0.4 is 5.32 Å². The Balaban J connectivity index is 1.39. The molecule has 0 spiro atoms. The Morgan fingerprint density at radius 3 is 1.64 bits per heavy atom. The molecule has 1 saturated heterocycles. The molecule has 36 heavy (non-hydrogen) atoms. The van der Waals surface area contributed by atoms with Crippen molar-refractivity contribution in [2.24, 2.45) is 11.8 Å². The molecule has 5 nitrogen and oxygen atoms in total. The number of nitrogens with zero attached hydrogens (tertiary/aromatic N) is 1. The number of rotatable bonds is 3. The summed E-state index contributed by atoms with van der Waals surface area (Å²) in [5, 5.41) is 2.82. The molecule has 1 heterocycles. The highest BCUT2D eigenvalue weighted by atomic mass is 79.9. The molecule has 3 aromatic carbocycles. The zero-order chi connectivity index (χ0) is 25.6. The molecule has 0 saturated carbocycles. The number of hydrogen-bond acceptors (Lipinski definition) is 3. The zero-order valence-corrected chi connectivity index (χ0v) is 22.5. The molecule has 8 heteroatoms. The number of alkyl halides is 2. The summed E-state index contributed by atoms with van der Waals surface area (Å²) in [7, 11) is 0. The number of imide groups is 1. The topological polar surface area (TPSA) is 66.5 Å². The van der Waals surface area contributed by atoms with Gasteiger partial charge in [-0.3, -0.25) is 19.3 Å². The van der Waals surface area contributed by atoms with Crippen LogP contribution in [0.5, 0.6) is 0 Å². The molecule has 4 aliphatic rings. The molecule has 2 bridgehead atoms. The first-order valence-electron chi connectivity index (χ1n) is 11.6. The number of aryl methyl sites for hydroxylation is 2. The summed E-state index contributed by atoms with van der Waals surface area (Å²) in [5.74, 6) is -3.26. The quantitative estimate of drug-likeness (QED) is 0.322. The fourth-order valence-electron chi connectivity index (χ4n) is 6.24. The fraction of sp³-hybridized carbons (Fsp3) is 0.250. The van der Waals surface area contributed by atoms with Gasteiger partial charge in [0.1, 0.15) is 16.3 Å². The van der Waals surface area contributed by atoms with Crippen molar-refractivity contribution in [3.05, 3.63) is 98.5 Å². The van der Waals surface area contributed by atoms with Gasteiger partial charge in [-0.15, -0.1) is 23.2 Å². The Hall–Kier alpha value is -2.67. The maximum Gasteiger partial charge on any atom is 0.244 e. The average molecular weight is 584 g/mol. The Morgan fingerprint density at radius 2 is 1.25 bits per heavy atom. The molecule has 1 N–H and O–H groups in total. The van der Waals surface area contributed by atoms with Crippen molar-refractivity contribution in [1.82, 2.24) is 4.90 Å². The summed E-state index contributed by atoms with van der Waals surface area (Å²) < 4.78 is 0.962. The fourth-order valence-corrected chi connectivity index (χ4v) is 7.57. The highest BCUT2D eigenvalue weighted by molar-refractivity contribution is 9.10. The predicted molar refractivity (Wildman–Crippen MR) is 142 cm³/mol. The first-order chi connectivity index (χ1) is 17.1. The van der Waals surface area contributed by atoms with Gasteiger partial charge in [-0.05, 0) is 59.4 Å². The van der Waals surface area contributed by atoms with Crippen molar-refractivity contribution < 1.29 is 14.4 Å². The lowest BCUT2D eigenvalue weighted by atomic mass is 9.54. The lowest BCUT2D eigenvalue weighted by Crippen LogP contribution is -2.57. The zero-order valence-electron chi connectivity index (χ0n) is 19.4. The number of likely N-dealkylation sites (tertiary alicyclic amines) is 1. The van der Waals surface area contributed by atoms with E-state index in [2.05, 4.69) is 21.2 Å². The van der Waals surface area contributed by atoms with Gasteiger partial charge in [0, 0.05) is 10.2 Å². The van der Waals surface area contributed by atoms with Gasteiger partial charge in [0.15, 0.2) is 0 Å². The van der Waals surface area contributed by atoms with Crippen LogP contribution in [0.2, 0.25) is 0 Å². The van der Waals surface area contributed by atoms with Crippen molar-refractivity contribution in [3.63, 3.8) is 0 Å². The number of hydrogen-bond donors (Lipinski definition) is 1. The minimum Gasteiger partial charge on any atom is -0.325 e. The van der Waals surface area contributed by atoms with Crippen molar-refractivity contribution in [1.29, 1.82) is 0 Å². The average Bonchev–Trinajstić information content (AvgIpc) is 3.11. The van der Waals surface area contributed by atoms with Gasteiger partial charge in [0.05, 0.1) is 11.8 Å². The van der Waals surface area contributed by atoms with Crippen LogP contribution in [-0.2, 0) is 24.1 Å². The maximum atomic E-state index is 13.8. The molecule has 7 rings (SSSR count). The van der Waals surface area contributed by atoms with Crippen LogP contribution >= 0.6 is 39.1 Å². The van der Waals surface area contributed by atoms with E-state index in [1.165, 1.54) is 0 Å². The molecule has 3 aromatic rings. The lowest BCUT2D eigenvalue weighted by molar-refractivity contribution is -0.142. The minimum absolute atomic E-state index is 0.411. The summed E-state index contributed by atoms with van der Waals surface area (Å²) in [4.78, 5) is 39.2. The first kappa shape index (κ1) is 23.7. The largest absolute Gasteiger partial charge is 0.325 e. The van der Waals surface area contributed by atoms with E-state index in [9.17, 15) is 14.4 Å². The first-order valence-corrected chi connectivity index (χ1v) is 13.1. The summed E-state index contributed by atoms with van der Waals surface area (Å²) in [6.07, 6.45) is 0. The molecule has 3 aliphatic carbocycles. The lowest BCUT2D eigenvalue weighted by Gasteiger charge is -2.54. The van der Waals surface area contributed by atoms with Gasteiger partial charge in [0.2, 0.25) is 17.7 Å². The van der Waals surface area contributed by atoms with Crippen molar-refractivity contribution >= 4 is 62.5 Å². The van der Waals surface area contributed by atoms with E-state index >= 15 is 0 Å². The molecule has 1 fully saturated rings. The summed E-state index contributed by atoms with van der Waals surface area (Å²) >= 11 is 18.3. The molecule has 0 radical (unpaired) electrons. The highest BCUT2D eigenvalue weighted by Gasteiger charge is 2.73. The normalized spacial score (nSPS) is 27.5. The standard InChI is InChI=1S/C28H21BrCl2N2O3/c1-14-11-16(12-15(2)24(14)29)32-21(34)13-33-25(35)22-23(26(33)36)28(31)18-8-4-3-7-17(18)27(22,30)19-9-5-6-10-20(19)28/h3-12,22-23H,13H2,1-2H3,(H,32,34)/t22-,23+,27?,28?. The van der Waals surface area contributed by atoms with Crippen LogP contribution in [0, 0.1) is 25.7 Å². The number of halogens is 3. The molecule has 3 amide bonds. The third kappa shape index (κ3) is 2.92. The highest BCUT2D eigenvalue weighted by Crippen LogP contribution is 2.69. The van der Waals surface area contributed by atoms with Crippen LogP contribution in [0.1, 0.15) is 33.4 Å². The number of carbonyl (C=O) groups excluding carboxylic acids is 3. The molecule has 0 aromatic heterocycles. The van der Waals surface area contributed by atoms with Crippen LogP contribution in [0.3, 0.4) is 0 Å². The van der Waals surface area contributed by atoms with Gasteiger partial charge < -0.3 is 5.32 Å². The van der Waals surface area contributed by atoms with Crippen LogP contribution in [-0.4, -0.2) is 29.2 Å². The van der Waals surface area contributed by atoms with E-state index in [1.54, 1.807) is 0 Å². The van der Waals surface area contributed by atoms with Crippen LogP contribution in [0.4, 0.5) is 5.69 Å². The second-order valence-electron chi connectivity index (χ2n) is 9.70. The third-order valence-corrected chi connectivity index (χ3v) is 10.2. The van der Waals surface area contributed by atoms with Crippen molar-refractivity contribution in [3.8, 4) is 0 Å². The Morgan fingerprint density at radius 1 is 0.861 bits per heavy atom. The molecule has 2 atom stereocenters. The van der Waals surface area contributed by atoms with Gasteiger partial charge >= 0.3 is 0 Å². The summed E-state index contributed by atoms with van der Waals surface area (Å²) in [6, 6.07) is 18.6. The van der Waals surface area contributed by atoms with Gasteiger partial charge in [-0.2, -0.15) is 0 Å². The van der Waals surface area contributed by atoms with Crippen LogP contribution in [0.15, 0.2) is 65.1 Å². The van der Waals surface area contributed by atoms with Crippen molar-refractivity contribution in [2.45, 2.75) is 23.6 Å². The number of nitrogens with one attached hydrogen (secondary N) is 1. The van der Waals surface area contributed by atoms with Gasteiger partial charge in [-0.1, -0.05) is 64.5 Å². The number of anilines is 1. The number of benzene rings is 3. The van der Waals surface area contributed by atoms with E-state index in [-0.39, 0.29) is 0 Å². The minimum atomic E-state index is -1.26. The van der Waals surface area contributed by atoms with Crippen molar-refractivity contribution in [2.75, 3.05) is 11.9 Å². The summed E-state index contributed by atoms with van der Waals surface area (Å²) in [5.41, 5.74) is 5.45.